The minimum Gasteiger partial charge on any atom is -0.288 e. The van der Waals surface area contributed by atoms with Crippen molar-refractivity contribution in [3.8, 4) is 0 Å². The highest BCUT2D eigenvalue weighted by atomic mass is 16.1. The molecule has 0 spiro atoms. The molecule has 148 valence electrons. The second-order valence-electron chi connectivity index (χ2n) is 7.94. The first-order chi connectivity index (χ1) is 14.0. The summed E-state index contributed by atoms with van der Waals surface area (Å²) in [7, 11) is 0. The van der Waals surface area contributed by atoms with Crippen LogP contribution in [0, 0.1) is 0 Å². The van der Waals surface area contributed by atoms with Crippen molar-refractivity contribution >= 4 is 28.5 Å². The molecule has 2 heterocycles. The Morgan fingerprint density at radius 2 is 1.69 bits per heavy atom. The van der Waals surface area contributed by atoms with Gasteiger partial charge in [0, 0.05) is 24.0 Å². The van der Waals surface area contributed by atoms with Crippen molar-refractivity contribution in [3.63, 3.8) is 0 Å². The summed E-state index contributed by atoms with van der Waals surface area (Å²) in [6.45, 7) is 9.14. The molecule has 5 heteroatoms. The Bertz CT molecular complexity index is 1230. The number of benzene rings is 2. The van der Waals surface area contributed by atoms with Gasteiger partial charge in [0.2, 0.25) is 0 Å². The SMILES string of the molecule is CC(C)c1cccc(C(C)C)c1N=CCn1c(=O)n2ccnc2c2ccccc21. The van der Waals surface area contributed by atoms with Crippen molar-refractivity contribution in [3.05, 3.63) is 76.5 Å². The molecule has 0 fully saturated rings. The zero-order valence-electron chi connectivity index (χ0n) is 17.3. The summed E-state index contributed by atoms with van der Waals surface area (Å²) in [6, 6.07) is 14.3. The van der Waals surface area contributed by atoms with Gasteiger partial charge in [0.15, 0.2) is 0 Å². The molecule has 0 unspecified atom stereocenters. The average molecular weight is 386 g/mol. The molecule has 0 radical (unpaired) electrons. The molecule has 0 saturated carbocycles. The number of nitrogens with zero attached hydrogens (tertiary/aromatic N) is 4. The number of aromatic nitrogens is 3. The van der Waals surface area contributed by atoms with Crippen molar-refractivity contribution in [2.45, 2.75) is 46.1 Å². The Kier molecular flexibility index (Phi) is 5.05. The number of rotatable bonds is 5. The fourth-order valence-electron chi connectivity index (χ4n) is 3.84. The lowest BCUT2D eigenvalue weighted by molar-refractivity contribution is 0.791. The maximum Gasteiger partial charge on any atom is 0.334 e. The van der Waals surface area contributed by atoms with Crippen molar-refractivity contribution in [1.82, 2.24) is 14.0 Å². The fourth-order valence-corrected chi connectivity index (χ4v) is 3.84. The molecule has 2 aromatic carbocycles. The lowest BCUT2D eigenvalue weighted by Gasteiger charge is -2.16. The van der Waals surface area contributed by atoms with Crippen molar-refractivity contribution in [2.24, 2.45) is 4.99 Å². The quantitative estimate of drug-likeness (QED) is 0.437. The molecule has 0 amide bonds. The summed E-state index contributed by atoms with van der Waals surface area (Å²) in [4.78, 5) is 22.2. The van der Waals surface area contributed by atoms with E-state index in [1.165, 1.54) is 11.1 Å². The molecule has 0 saturated heterocycles. The van der Waals surface area contributed by atoms with Crippen LogP contribution in [0.1, 0.15) is 50.7 Å². The minimum atomic E-state index is -0.108. The van der Waals surface area contributed by atoms with Gasteiger partial charge in [-0.15, -0.1) is 0 Å². The largest absolute Gasteiger partial charge is 0.334 e. The molecule has 0 aliphatic heterocycles. The Morgan fingerprint density at radius 3 is 2.38 bits per heavy atom. The van der Waals surface area contributed by atoms with Gasteiger partial charge < -0.3 is 0 Å². The Hall–Kier alpha value is -3.21. The van der Waals surface area contributed by atoms with Crippen LogP contribution in [0.4, 0.5) is 5.69 Å². The van der Waals surface area contributed by atoms with Gasteiger partial charge in [-0.2, -0.15) is 0 Å². The van der Waals surface area contributed by atoms with Gasteiger partial charge in [0.25, 0.3) is 0 Å². The summed E-state index contributed by atoms with van der Waals surface area (Å²) in [5.41, 5.74) is 4.93. The molecule has 29 heavy (non-hydrogen) atoms. The van der Waals surface area contributed by atoms with Gasteiger partial charge in [-0.3, -0.25) is 14.0 Å². The van der Waals surface area contributed by atoms with Crippen LogP contribution in [0.3, 0.4) is 0 Å². The molecule has 0 atom stereocenters. The molecule has 4 aromatic rings. The van der Waals surface area contributed by atoms with E-state index >= 15 is 0 Å². The fraction of sp³-hybridized carbons (Fsp3) is 0.292. The maximum absolute atomic E-state index is 13.0. The second kappa shape index (κ2) is 7.66. The average Bonchev–Trinajstić information content (AvgIpc) is 3.20. The highest BCUT2D eigenvalue weighted by Crippen LogP contribution is 2.34. The van der Waals surface area contributed by atoms with Crippen molar-refractivity contribution in [1.29, 1.82) is 0 Å². The van der Waals surface area contributed by atoms with Crippen molar-refractivity contribution in [2.75, 3.05) is 0 Å². The van der Waals surface area contributed by atoms with E-state index in [9.17, 15) is 4.79 Å². The maximum atomic E-state index is 13.0. The van der Waals surface area contributed by atoms with E-state index in [1.807, 2.05) is 30.5 Å². The summed E-state index contributed by atoms with van der Waals surface area (Å²) in [5, 5.41) is 0.955. The van der Waals surface area contributed by atoms with Gasteiger partial charge in [-0.05, 0) is 35.1 Å². The zero-order chi connectivity index (χ0) is 20.5. The third-order valence-corrected chi connectivity index (χ3v) is 5.34. The lowest BCUT2D eigenvalue weighted by atomic mass is 9.93. The van der Waals surface area contributed by atoms with E-state index in [-0.39, 0.29) is 5.69 Å². The first kappa shape index (κ1) is 19.1. The standard InChI is InChI=1S/C24H26N4O/c1-16(2)18-9-7-10-19(17(3)4)22(18)25-12-14-27-21-11-6-5-8-20(21)23-26-13-15-28(23)24(27)29/h5-13,15-17H,14H2,1-4H3. The van der Waals surface area contributed by atoms with Gasteiger partial charge >= 0.3 is 5.69 Å². The minimum absolute atomic E-state index is 0.108. The number of para-hydroxylation sites is 2. The van der Waals surface area contributed by atoms with E-state index in [4.69, 9.17) is 4.99 Å². The molecule has 4 rings (SSSR count). The number of hydrogen-bond donors (Lipinski definition) is 0. The van der Waals surface area contributed by atoms with Crippen LogP contribution < -0.4 is 5.69 Å². The first-order valence-corrected chi connectivity index (χ1v) is 10.1. The van der Waals surface area contributed by atoms with Crippen LogP contribution >= 0.6 is 0 Å². The molecule has 0 N–H and O–H groups in total. The number of aliphatic imine (C=N–C) groups is 1. The summed E-state index contributed by atoms with van der Waals surface area (Å²) >= 11 is 0. The smallest absolute Gasteiger partial charge is 0.288 e. The predicted octanol–water partition coefficient (Wildman–Crippen LogP) is 5.30. The van der Waals surface area contributed by atoms with Crippen LogP contribution in [0.15, 0.2) is 64.6 Å². The number of fused-ring (bicyclic) bond motifs is 3. The molecule has 0 bridgehead atoms. The van der Waals surface area contributed by atoms with Crippen LogP contribution in [-0.2, 0) is 6.54 Å². The van der Waals surface area contributed by atoms with E-state index in [0.29, 0.717) is 24.0 Å². The van der Waals surface area contributed by atoms with Gasteiger partial charge in [0.1, 0.15) is 5.65 Å². The second-order valence-corrected chi connectivity index (χ2v) is 7.94. The lowest BCUT2D eigenvalue weighted by Crippen LogP contribution is -2.27. The summed E-state index contributed by atoms with van der Waals surface area (Å²) < 4.78 is 3.35. The summed E-state index contributed by atoms with van der Waals surface area (Å²) in [5.74, 6) is 0.762. The van der Waals surface area contributed by atoms with E-state index in [1.54, 1.807) is 21.4 Å². The Labute approximate surface area is 170 Å². The molecular formula is C24H26N4O. The first-order valence-electron chi connectivity index (χ1n) is 10.1. The molecular weight excluding hydrogens is 360 g/mol. The van der Waals surface area contributed by atoms with Gasteiger partial charge in [-0.1, -0.05) is 58.0 Å². The molecule has 5 nitrogen and oxygen atoms in total. The van der Waals surface area contributed by atoms with Crippen LogP contribution in [0.5, 0.6) is 0 Å². The van der Waals surface area contributed by atoms with Crippen LogP contribution in [-0.4, -0.2) is 20.2 Å². The third kappa shape index (κ3) is 3.37. The topological polar surface area (TPSA) is 51.7 Å². The van der Waals surface area contributed by atoms with Crippen LogP contribution in [0.25, 0.3) is 16.6 Å². The number of imidazole rings is 1. The van der Waals surface area contributed by atoms with Crippen molar-refractivity contribution < 1.29 is 0 Å². The molecule has 0 aliphatic rings. The van der Waals surface area contributed by atoms with E-state index < -0.39 is 0 Å². The van der Waals surface area contributed by atoms with Gasteiger partial charge in [-0.25, -0.2) is 9.78 Å². The van der Waals surface area contributed by atoms with Gasteiger partial charge in [0.05, 0.1) is 17.7 Å². The monoisotopic (exact) mass is 386 g/mol. The zero-order valence-corrected chi connectivity index (χ0v) is 17.3. The summed E-state index contributed by atoms with van der Waals surface area (Å²) in [6.07, 6.45) is 5.22. The van der Waals surface area contributed by atoms with Crippen LogP contribution in [0.2, 0.25) is 0 Å². The Morgan fingerprint density at radius 1 is 1.00 bits per heavy atom. The predicted molar refractivity (Wildman–Crippen MR) is 120 cm³/mol. The highest BCUT2D eigenvalue weighted by Gasteiger charge is 2.13. The normalized spacial score (nSPS) is 12.2. The third-order valence-electron chi connectivity index (χ3n) is 5.34. The van der Waals surface area contributed by atoms with E-state index in [0.717, 1.165) is 16.6 Å². The number of hydrogen-bond acceptors (Lipinski definition) is 3. The molecule has 2 aromatic heterocycles. The van der Waals surface area contributed by atoms with E-state index in [2.05, 4.69) is 50.9 Å². The highest BCUT2D eigenvalue weighted by molar-refractivity contribution is 5.91. The molecule has 0 aliphatic carbocycles. The Balaban J connectivity index is 1.81.